The Morgan fingerprint density at radius 1 is 0.348 bits per heavy atom. The van der Waals surface area contributed by atoms with Crippen LogP contribution in [0, 0.1) is 0 Å². The van der Waals surface area contributed by atoms with Crippen LogP contribution in [0.2, 0.25) is 0 Å². The van der Waals surface area contributed by atoms with Crippen molar-refractivity contribution in [3.63, 3.8) is 0 Å². The smallest absolute Gasteiger partial charge is 0.178 e. The number of fused-ring (bicyclic) bond motifs is 10. The zero-order chi connectivity index (χ0) is 30.2. The molecule has 216 valence electrons. The first-order valence-corrected chi connectivity index (χ1v) is 15.6. The molecule has 3 heteroatoms. The topological polar surface area (TPSA) is 39.4 Å². The highest BCUT2D eigenvalue weighted by Crippen LogP contribution is 2.43. The van der Waals surface area contributed by atoms with E-state index in [2.05, 4.69) is 121 Å². The van der Waals surface area contributed by atoms with Crippen molar-refractivity contribution in [2.75, 3.05) is 0 Å². The highest BCUT2D eigenvalue weighted by molar-refractivity contribution is 6.21. The Morgan fingerprint density at radius 2 is 0.957 bits per heavy atom. The molecule has 0 amide bonds. The summed E-state index contributed by atoms with van der Waals surface area (Å²) in [6, 6.07) is 51.0. The molecule has 0 radical (unpaired) electrons. The second-order valence-corrected chi connectivity index (χ2v) is 12.1. The van der Waals surface area contributed by atoms with Crippen molar-refractivity contribution in [3.8, 4) is 22.3 Å². The third-order valence-corrected chi connectivity index (χ3v) is 9.31. The molecule has 46 heavy (non-hydrogen) atoms. The van der Waals surface area contributed by atoms with Gasteiger partial charge in [0, 0.05) is 32.3 Å². The van der Waals surface area contributed by atoms with Crippen LogP contribution in [0.25, 0.3) is 88.1 Å². The van der Waals surface area contributed by atoms with Crippen LogP contribution in [0.3, 0.4) is 0 Å². The van der Waals surface area contributed by atoms with Gasteiger partial charge in [0.15, 0.2) is 11.2 Å². The van der Waals surface area contributed by atoms with Crippen LogP contribution in [0.5, 0.6) is 0 Å². The minimum absolute atomic E-state index is 0.717. The van der Waals surface area contributed by atoms with Crippen molar-refractivity contribution < 1.29 is 13.3 Å². The summed E-state index contributed by atoms with van der Waals surface area (Å²) in [4.78, 5) is 0. The first kappa shape index (κ1) is 25.3. The van der Waals surface area contributed by atoms with Crippen molar-refractivity contribution >= 4 is 65.8 Å². The maximum absolute atomic E-state index is 6.68. The Balaban J connectivity index is 1.23. The molecule has 3 aromatic heterocycles. The van der Waals surface area contributed by atoms with E-state index in [9.17, 15) is 0 Å². The Morgan fingerprint density at radius 3 is 1.72 bits per heavy atom. The highest BCUT2D eigenvalue weighted by Gasteiger charge is 2.21. The SMILES string of the molecule is c1ccc(-c2ccc3oc4c(cc(Cc5ccc6c(c5)oc5ccccc56)c5c6cc(-c7ccccc7)ccc6oc45)c3c2)cc1. The van der Waals surface area contributed by atoms with E-state index in [4.69, 9.17) is 13.3 Å². The second-order valence-electron chi connectivity index (χ2n) is 12.1. The molecular weight excluding hydrogens is 564 g/mol. The van der Waals surface area contributed by atoms with Gasteiger partial charge >= 0.3 is 0 Å². The molecule has 0 spiro atoms. The fraction of sp³-hybridized carbons (Fsp3) is 0.0233. The summed E-state index contributed by atoms with van der Waals surface area (Å²) >= 11 is 0. The lowest BCUT2D eigenvalue weighted by Crippen LogP contribution is -1.90. The van der Waals surface area contributed by atoms with Gasteiger partial charge in [0.25, 0.3) is 0 Å². The van der Waals surface area contributed by atoms with Gasteiger partial charge in [-0.05, 0) is 82.3 Å². The van der Waals surface area contributed by atoms with Gasteiger partial charge in [-0.2, -0.15) is 0 Å². The van der Waals surface area contributed by atoms with Gasteiger partial charge < -0.3 is 13.3 Å². The predicted octanol–water partition coefficient (Wildman–Crippen LogP) is 12.3. The second kappa shape index (κ2) is 9.72. The number of furan rings is 3. The molecule has 0 aliphatic rings. The zero-order valence-electron chi connectivity index (χ0n) is 24.8. The fourth-order valence-electron chi connectivity index (χ4n) is 7.11. The average molecular weight is 591 g/mol. The summed E-state index contributed by atoms with van der Waals surface area (Å²) in [6.07, 6.45) is 0.717. The standard InChI is InChI=1S/C43H26O3/c1-3-9-27(10-4-1)29-16-19-38-34(23-29)35-25-31(21-26-15-18-33-32-13-7-8-14-37(32)44-40(33)22-26)41-36-24-30(28-11-5-2-6-12-28)17-20-39(36)46-43(41)42(35)45-38/h1-20,22-25H,21H2. The first-order valence-electron chi connectivity index (χ1n) is 15.6. The van der Waals surface area contributed by atoms with Crippen LogP contribution >= 0.6 is 0 Å². The maximum atomic E-state index is 6.68. The maximum Gasteiger partial charge on any atom is 0.178 e. The van der Waals surface area contributed by atoms with Gasteiger partial charge in [-0.15, -0.1) is 0 Å². The number of benzene rings is 7. The number of hydrogen-bond donors (Lipinski definition) is 0. The number of rotatable bonds is 4. The largest absolute Gasteiger partial charge is 0.456 e. The van der Waals surface area contributed by atoms with Crippen LogP contribution in [-0.2, 0) is 6.42 Å². The van der Waals surface area contributed by atoms with E-state index in [1.807, 2.05) is 24.3 Å². The van der Waals surface area contributed by atoms with E-state index in [1.54, 1.807) is 0 Å². The lowest BCUT2D eigenvalue weighted by Gasteiger charge is -2.07. The fourth-order valence-corrected chi connectivity index (χ4v) is 7.11. The monoisotopic (exact) mass is 590 g/mol. The van der Waals surface area contributed by atoms with E-state index in [-0.39, 0.29) is 0 Å². The van der Waals surface area contributed by atoms with Crippen LogP contribution in [-0.4, -0.2) is 0 Å². The molecule has 3 heterocycles. The summed E-state index contributed by atoms with van der Waals surface area (Å²) < 4.78 is 19.5. The molecule has 0 bridgehead atoms. The zero-order valence-corrected chi connectivity index (χ0v) is 24.8. The predicted molar refractivity (Wildman–Crippen MR) is 188 cm³/mol. The molecule has 0 N–H and O–H groups in total. The Hall–Kier alpha value is -6.06. The van der Waals surface area contributed by atoms with Crippen molar-refractivity contribution in [2.45, 2.75) is 6.42 Å². The molecule has 0 unspecified atom stereocenters. The molecule has 0 aliphatic carbocycles. The van der Waals surface area contributed by atoms with E-state index in [0.717, 1.165) is 76.9 Å². The van der Waals surface area contributed by atoms with Crippen LogP contribution in [0.1, 0.15) is 11.1 Å². The minimum Gasteiger partial charge on any atom is -0.456 e. The Bertz CT molecular complexity index is 2760. The van der Waals surface area contributed by atoms with Crippen LogP contribution in [0.15, 0.2) is 159 Å². The van der Waals surface area contributed by atoms with E-state index in [0.29, 0.717) is 6.42 Å². The van der Waals surface area contributed by atoms with Crippen molar-refractivity contribution in [2.24, 2.45) is 0 Å². The molecule has 0 fully saturated rings. The Labute approximate surface area is 263 Å². The quantitative estimate of drug-likeness (QED) is 0.205. The van der Waals surface area contributed by atoms with E-state index < -0.39 is 0 Å². The minimum atomic E-state index is 0.717. The number of hydrogen-bond acceptors (Lipinski definition) is 3. The lowest BCUT2D eigenvalue weighted by atomic mass is 9.95. The molecule has 0 saturated carbocycles. The van der Waals surface area contributed by atoms with Crippen molar-refractivity contribution in [1.82, 2.24) is 0 Å². The summed E-state index contributed by atoms with van der Waals surface area (Å²) in [5.41, 5.74) is 12.1. The summed E-state index contributed by atoms with van der Waals surface area (Å²) in [6.45, 7) is 0. The third-order valence-electron chi connectivity index (χ3n) is 9.31. The van der Waals surface area contributed by atoms with E-state index >= 15 is 0 Å². The van der Waals surface area contributed by atoms with Crippen LogP contribution < -0.4 is 0 Å². The number of para-hydroxylation sites is 1. The third kappa shape index (κ3) is 3.85. The summed E-state index contributed by atoms with van der Waals surface area (Å²) in [5.74, 6) is 0. The van der Waals surface area contributed by atoms with Gasteiger partial charge in [-0.3, -0.25) is 0 Å². The molecule has 10 aromatic rings. The molecule has 10 rings (SSSR count). The Kier molecular flexibility index (Phi) is 5.34. The average Bonchev–Trinajstić information content (AvgIpc) is 3.80. The molecule has 3 nitrogen and oxygen atoms in total. The molecular formula is C43H26O3. The lowest BCUT2D eigenvalue weighted by molar-refractivity contribution is 0.633. The van der Waals surface area contributed by atoms with Gasteiger partial charge in [-0.25, -0.2) is 0 Å². The van der Waals surface area contributed by atoms with Gasteiger partial charge in [0.2, 0.25) is 0 Å². The van der Waals surface area contributed by atoms with Crippen molar-refractivity contribution in [3.05, 3.63) is 157 Å². The summed E-state index contributed by atoms with van der Waals surface area (Å²) in [7, 11) is 0. The first-order chi connectivity index (χ1) is 22.8. The highest BCUT2D eigenvalue weighted by atomic mass is 16.4. The molecule has 0 saturated heterocycles. The van der Waals surface area contributed by atoms with Gasteiger partial charge in [0.05, 0.1) is 0 Å². The normalized spacial score (nSPS) is 12.0. The van der Waals surface area contributed by atoms with Gasteiger partial charge in [0.1, 0.15) is 22.3 Å². The molecule has 0 aliphatic heterocycles. The van der Waals surface area contributed by atoms with Crippen LogP contribution in [0.4, 0.5) is 0 Å². The van der Waals surface area contributed by atoms with E-state index in [1.165, 1.54) is 22.3 Å². The molecule has 0 atom stereocenters. The van der Waals surface area contributed by atoms with Gasteiger partial charge in [-0.1, -0.05) is 103 Å². The van der Waals surface area contributed by atoms with Crippen molar-refractivity contribution in [1.29, 1.82) is 0 Å². The summed E-state index contributed by atoms with van der Waals surface area (Å²) in [5, 5.41) is 6.59. The molecule has 7 aromatic carbocycles.